The molecule has 0 spiro atoms. The van der Waals surface area contributed by atoms with E-state index in [-0.39, 0.29) is 5.69 Å². The summed E-state index contributed by atoms with van der Waals surface area (Å²) in [7, 11) is 0. The molecule has 0 amide bonds. The van der Waals surface area contributed by atoms with Crippen LogP contribution < -0.4 is 0 Å². The van der Waals surface area contributed by atoms with E-state index in [0.717, 1.165) is 28.4 Å². The quantitative estimate of drug-likeness (QED) is 0.749. The Labute approximate surface area is 103 Å². The summed E-state index contributed by atoms with van der Waals surface area (Å²) < 4.78 is 2.14. The second-order valence-corrected chi connectivity index (χ2v) is 4.15. The largest absolute Gasteiger partial charge is 0.477 e. The highest BCUT2D eigenvalue weighted by molar-refractivity contribution is 6.09. The van der Waals surface area contributed by atoms with Gasteiger partial charge in [0.15, 0.2) is 0 Å². The molecule has 0 aliphatic rings. The molecule has 1 aromatic carbocycles. The van der Waals surface area contributed by atoms with Gasteiger partial charge >= 0.3 is 5.97 Å². The van der Waals surface area contributed by atoms with Crippen LogP contribution in [0.25, 0.3) is 21.8 Å². The number of pyridine rings is 1. The van der Waals surface area contributed by atoms with Gasteiger partial charge in [-0.15, -0.1) is 0 Å². The van der Waals surface area contributed by atoms with Gasteiger partial charge in [-0.1, -0.05) is 18.2 Å². The van der Waals surface area contributed by atoms with Crippen LogP contribution in [0.3, 0.4) is 0 Å². The van der Waals surface area contributed by atoms with E-state index in [2.05, 4.69) is 16.5 Å². The molecular weight excluding hydrogens is 228 g/mol. The zero-order valence-electron chi connectivity index (χ0n) is 9.92. The molecule has 0 unspecified atom stereocenters. The van der Waals surface area contributed by atoms with Crippen LogP contribution in [-0.4, -0.2) is 20.6 Å². The maximum absolute atomic E-state index is 11.0. The van der Waals surface area contributed by atoms with Crippen LogP contribution in [0.15, 0.2) is 36.5 Å². The van der Waals surface area contributed by atoms with Crippen molar-refractivity contribution in [3.8, 4) is 0 Å². The van der Waals surface area contributed by atoms with E-state index < -0.39 is 5.97 Å². The minimum atomic E-state index is -0.995. The Morgan fingerprint density at radius 3 is 2.78 bits per heavy atom. The average Bonchev–Trinajstić information content (AvgIpc) is 2.71. The average molecular weight is 240 g/mol. The Bertz CT molecular complexity index is 759. The van der Waals surface area contributed by atoms with Crippen molar-refractivity contribution in [2.45, 2.75) is 13.5 Å². The predicted molar refractivity (Wildman–Crippen MR) is 69.9 cm³/mol. The van der Waals surface area contributed by atoms with E-state index in [1.165, 1.54) is 0 Å². The van der Waals surface area contributed by atoms with Gasteiger partial charge in [0.2, 0.25) is 0 Å². The summed E-state index contributed by atoms with van der Waals surface area (Å²) in [6.07, 6.45) is 1.64. The molecule has 0 aliphatic heterocycles. The third-order valence-corrected chi connectivity index (χ3v) is 3.19. The summed E-state index contributed by atoms with van der Waals surface area (Å²) in [4.78, 5) is 15.0. The van der Waals surface area contributed by atoms with Crippen LogP contribution in [0.5, 0.6) is 0 Å². The van der Waals surface area contributed by atoms with Crippen LogP contribution in [0, 0.1) is 0 Å². The number of carboxylic acid groups (broad SMARTS) is 1. The smallest absolute Gasteiger partial charge is 0.354 e. The highest BCUT2D eigenvalue weighted by Gasteiger charge is 2.12. The first-order chi connectivity index (χ1) is 8.72. The van der Waals surface area contributed by atoms with Crippen LogP contribution in [0.2, 0.25) is 0 Å². The molecule has 0 saturated heterocycles. The monoisotopic (exact) mass is 240 g/mol. The van der Waals surface area contributed by atoms with Crippen molar-refractivity contribution >= 4 is 27.8 Å². The van der Waals surface area contributed by atoms with Gasteiger partial charge in [0.05, 0.1) is 11.7 Å². The minimum absolute atomic E-state index is 0.0847. The van der Waals surface area contributed by atoms with Gasteiger partial charge in [-0.2, -0.15) is 0 Å². The Morgan fingerprint density at radius 2 is 2.06 bits per heavy atom. The number of benzene rings is 1. The number of fused-ring (bicyclic) bond motifs is 3. The fourth-order valence-corrected chi connectivity index (χ4v) is 2.40. The van der Waals surface area contributed by atoms with Crippen molar-refractivity contribution in [1.29, 1.82) is 0 Å². The van der Waals surface area contributed by atoms with Crippen molar-refractivity contribution in [2.75, 3.05) is 0 Å². The van der Waals surface area contributed by atoms with Crippen LogP contribution in [-0.2, 0) is 6.54 Å². The topological polar surface area (TPSA) is 55.1 Å². The van der Waals surface area contributed by atoms with Crippen LogP contribution in [0.1, 0.15) is 17.4 Å². The van der Waals surface area contributed by atoms with E-state index in [1.54, 1.807) is 12.3 Å². The molecule has 1 N–H and O–H groups in total. The van der Waals surface area contributed by atoms with Crippen LogP contribution in [0.4, 0.5) is 0 Å². The second kappa shape index (κ2) is 3.84. The van der Waals surface area contributed by atoms with Crippen LogP contribution >= 0.6 is 0 Å². The van der Waals surface area contributed by atoms with Gasteiger partial charge in [0.1, 0.15) is 5.69 Å². The van der Waals surface area contributed by atoms with Crippen molar-refractivity contribution < 1.29 is 9.90 Å². The molecule has 90 valence electrons. The lowest BCUT2D eigenvalue weighted by Crippen LogP contribution is -2.00. The molecular formula is C14H12N2O2. The fraction of sp³-hybridized carbons (Fsp3) is 0.143. The first-order valence-corrected chi connectivity index (χ1v) is 5.82. The number of carboxylic acids is 1. The van der Waals surface area contributed by atoms with Gasteiger partial charge in [0, 0.05) is 22.8 Å². The molecule has 2 heterocycles. The van der Waals surface area contributed by atoms with Gasteiger partial charge in [-0.25, -0.2) is 9.78 Å². The molecule has 0 fully saturated rings. The lowest BCUT2D eigenvalue weighted by atomic mass is 10.1. The zero-order chi connectivity index (χ0) is 12.7. The Kier molecular flexibility index (Phi) is 2.30. The van der Waals surface area contributed by atoms with E-state index in [1.807, 2.05) is 24.3 Å². The molecule has 3 rings (SSSR count). The van der Waals surface area contributed by atoms with Gasteiger partial charge < -0.3 is 9.67 Å². The third kappa shape index (κ3) is 1.39. The molecule has 0 bridgehead atoms. The van der Waals surface area contributed by atoms with E-state index in [0.29, 0.717) is 0 Å². The molecule has 0 aliphatic carbocycles. The molecule has 18 heavy (non-hydrogen) atoms. The van der Waals surface area contributed by atoms with Crippen molar-refractivity contribution in [2.24, 2.45) is 0 Å². The summed E-state index contributed by atoms with van der Waals surface area (Å²) >= 11 is 0. The molecule has 0 atom stereocenters. The summed E-state index contributed by atoms with van der Waals surface area (Å²) in [5, 5.41) is 11.0. The molecule has 4 nitrogen and oxygen atoms in total. The highest BCUT2D eigenvalue weighted by Crippen LogP contribution is 2.28. The highest BCUT2D eigenvalue weighted by atomic mass is 16.4. The van der Waals surface area contributed by atoms with Gasteiger partial charge in [-0.3, -0.25) is 0 Å². The lowest BCUT2D eigenvalue weighted by Gasteiger charge is -2.02. The number of nitrogens with zero attached hydrogens (tertiary/aromatic N) is 2. The van der Waals surface area contributed by atoms with Gasteiger partial charge in [0.25, 0.3) is 0 Å². The number of hydrogen-bond donors (Lipinski definition) is 1. The standard InChI is InChI=1S/C14H12N2O2/c1-2-16-12-6-4-3-5-9(12)10-7-11(14(17)18)15-8-13(10)16/h3-8H,2H2,1H3,(H,17,18). The van der Waals surface area contributed by atoms with E-state index in [9.17, 15) is 4.79 Å². The summed E-state index contributed by atoms with van der Waals surface area (Å²) in [5.74, 6) is -0.995. The Balaban J connectivity index is 2.48. The van der Waals surface area contributed by atoms with Crippen molar-refractivity contribution in [3.63, 3.8) is 0 Å². The number of para-hydroxylation sites is 1. The van der Waals surface area contributed by atoms with Crippen molar-refractivity contribution in [3.05, 3.63) is 42.2 Å². The summed E-state index contributed by atoms with van der Waals surface area (Å²) in [5.41, 5.74) is 2.17. The van der Waals surface area contributed by atoms with E-state index in [4.69, 9.17) is 5.11 Å². The zero-order valence-corrected chi connectivity index (χ0v) is 9.92. The Hall–Kier alpha value is -2.36. The number of aryl methyl sites for hydroxylation is 1. The van der Waals surface area contributed by atoms with Crippen molar-refractivity contribution in [1.82, 2.24) is 9.55 Å². The molecule has 3 aromatic rings. The second-order valence-electron chi connectivity index (χ2n) is 4.15. The summed E-state index contributed by atoms with van der Waals surface area (Å²) in [6.45, 7) is 2.90. The third-order valence-electron chi connectivity index (χ3n) is 3.19. The number of carbonyl (C=O) groups is 1. The number of aromatic nitrogens is 2. The molecule has 2 aromatic heterocycles. The normalized spacial score (nSPS) is 11.2. The predicted octanol–water partition coefficient (Wildman–Crippen LogP) is 2.91. The maximum Gasteiger partial charge on any atom is 0.354 e. The first kappa shape index (κ1) is 10.8. The number of rotatable bonds is 2. The fourth-order valence-electron chi connectivity index (χ4n) is 2.40. The first-order valence-electron chi connectivity index (χ1n) is 5.82. The van der Waals surface area contributed by atoms with E-state index >= 15 is 0 Å². The molecule has 4 heteroatoms. The summed E-state index contributed by atoms with van der Waals surface area (Å²) in [6, 6.07) is 9.64. The maximum atomic E-state index is 11.0. The molecule has 0 radical (unpaired) electrons. The number of hydrogen-bond acceptors (Lipinski definition) is 2. The van der Waals surface area contributed by atoms with Gasteiger partial charge in [-0.05, 0) is 19.1 Å². The lowest BCUT2D eigenvalue weighted by molar-refractivity contribution is 0.0691. The molecule has 0 saturated carbocycles. The minimum Gasteiger partial charge on any atom is -0.477 e. The number of aromatic carboxylic acids is 1. The SMILES string of the molecule is CCn1c2ccccc2c2cc(C(=O)O)ncc21. The Morgan fingerprint density at radius 1 is 1.28 bits per heavy atom.